The van der Waals surface area contributed by atoms with Crippen LogP contribution in [0.5, 0.6) is 0 Å². The van der Waals surface area contributed by atoms with Gasteiger partial charge in [-0.1, -0.05) is 13.8 Å². The van der Waals surface area contributed by atoms with Gasteiger partial charge in [-0.05, 0) is 122 Å². The molecule has 0 atom stereocenters. The van der Waals surface area contributed by atoms with Crippen molar-refractivity contribution in [2.24, 2.45) is 22.9 Å². The molecule has 12 heteroatoms. The van der Waals surface area contributed by atoms with Crippen LogP contribution in [0.25, 0.3) is 44.4 Å². The summed E-state index contributed by atoms with van der Waals surface area (Å²) in [6, 6.07) is 7.90. The normalized spacial score (nSPS) is 13.2. The van der Waals surface area contributed by atoms with Crippen LogP contribution in [0.1, 0.15) is 98.4 Å². The van der Waals surface area contributed by atoms with Crippen molar-refractivity contribution in [1.29, 1.82) is 0 Å². The molecular formula is C40H56N10O2. The number of aromatic nitrogens is 4. The van der Waals surface area contributed by atoms with Crippen molar-refractivity contribution in [3.63, 3.8) is 0 Å². The second-order valence-corrected chi connectivity index (χ2v) is 13.8. The van der Waals surface area contributed by atoms with E-state index in [1.54, 1.807) is 0 Å². The standard InChI is InChI=1S/C40H56N10O2/c1-7-27-21(3)31-13-32-23(5)29(9-11-39(51)45-25(17-41)18-42)37(49-32)16-38-30(10-12-40(52)46-26(19-43)20-44)24(6)34(50-38)15-36-28(8-2)22(4)33(48-36)14-35(27)47-31/h13-16,25-26,47-48H,7-12,17-20,41-44H2,1-6H3,(H,45,51)(H,46,52). The first-order valence-electron chi connectivity index (χ1n) is 18.5. The van der Waals surface area contributed by atoms with Gasteiger partial charge in [-0.25, -0.2) is 9.97 Å². The molecule has 0 saturated heterocycles. The van der Waals surface area contributed by atoms with Crippen molar-refractivity contribution in [2.75, 3.05) is 26.2 Å². The molecule has 0 radical (unpaired) electrons. The van der Waals surface area contributed by atoms with E-state index in [0.717, 1.165) is 80.0 Å². The Kier molecular flexibility index (Phi) is 12.5. The summed E-state index contributed by atoms with van der Waals surface area (Å²) in [6.07, 6.45) is 3.17. The summed E-state index contributed by atoms with van der Waals surface area (Å²) in [5.41, 5.74) is 39.3. The highest BCUT2D eigenvalue weighted by Crippen LogP contribution is 2.38. The van der Waals surface area contributed by atoms with E-state index in [1.165, 1.54) is 22.3 Å². The molecule has 0 aliphatic carbocycles. The van der Waals surface area contributed by atoms with Gasteiger partial charge in [0, 0.05) is 61.1 Å². The average Bonchev–Trinajstić information content (AvgIpc) is 3.80. The number of nitrogens with zero attached hydrogens (tertiary/aromatic N) is 2. The summed E-state index contributed by atoms with van der Waals surface area (Å²) in [4.78, 5) is 43.8. The number of fused-ring (bicyclic) bond motifs is 8. The third-order valence-electron chi connectivity index (χ3n) is 10.6. The lowest BCUT2D eigenvalue weighted by Gasteiger charge is -2.15. The summed E-state index contributed by atoms with van der Waals surface area (Å²) >= 11 is 0. The Labute approximate surface area is 306 Å². The second kappa shape index (κ2) is 16.8. The SMILES string of the molecule is CCc1c(C)c2cc3[nH]c(cc4nc(cc5nc(cc1[nH]2)C(C)=C5CCC(=O)NC(CN)CN)C(CCC(=O)NC(CN)CN)=C4C)c(C)c3CC. The molecule has 2 aliphatic heterocycles. The van der Waals surface area contributed by atoms with Gasteiger partial charge in [-0.15, -0.1) is 0 Å². The van der Waals surface area contributed by atoms with E-state index in [-0.39, 0.29) is 62.9 Å². The maximum atomic E-state index is 13.0. The number of hydrogen-bond donors (Lipinski definition) is 8. The average molecular weight is 709 g/mol. The molecule has 278 valence electrons. The van der Waals surface area contributed by atoms with E-state index >= 15 is 0 Å². The molecule has 8 bridgehead atoms. The van der Waals surface area contributed by atoms with Crippen LogP contribution in [-0.2, 0) is 22.4 Å². The van der Waals surface area contributed by atoms with Gasteiger partial charge < -0.3 is 43.5 Å². The molecular weight excluding hydrogens is 653 g/mol. The van der Waals surface area contributed by atoms with Crippen LogP contribution in [0.4, 0.5) is 0 Å². The first kappa shape index (κ1) is 38.6. The van der Waals surface area contributed by atoms with E-state index in [0.29, 0.717) is 12.8 Å². The van der Waals surface area contributed by atoms with Gasteiger partial charge in [-0.2, -0.15) is 0 Å². The van der Waals surface area contributed by atoms with Crippen molar-refractivity contribution >= 4 is 56.2 Å². The second-order valence-electron chi connectivity index (χ2n) is 13.8. The highest BCUT2D eigenvalue weighted by atomic mass is 16.2. The quantitative estimate of drug-likeness (QED) is 0.121. The Morgan fingerprint density at radius 2 is 0.981 bits per heavy atom. The molecule has 52 heavy (non-hydrogen) atoms. The van der Waals surface area contributed by atoms with E-state index in [1.807, 2.05) is 6.07 Å². The van der Waals surface area contributed by atoms with Crippen molar-refractivity contribution in [2.45, 2.75) is 92.2 Å². The van der Waals surface area contributed by atoms with Crippen LogP contribution in [0.2, 0.25) is 0 Å². The molecule has 2 aliphatic rings. The first-order valence-corrected chi connectivity index (χ1v) is 18.5. The Balaban J connectivity index is 1.74. The number of carbonyl (C=O) groups is 2. The zero-order valence-corrected chi connectivity index (χ0v) is 31.6. The number of carbonyl (C=O) groups excluding carboxylic acids is 2. The van der Waals surface area contributed by atoms with Gasteiger partial charge in [-0.3, -0.25) is 9.59 Å². The van der Waals surface area contributed by atoms with Gasteiger partial charge in [0.2, 0.25) is 11.8 Å². The Bertz CT molecular complexity index is 2060. The van der Waals surface area contributed by atoms with Gasteiger partial charge >= 0.3 is 0 Å². The summed E-state index contributed by atoms with van der Waals surface area (Å²) in [5.74, 6) is -0.230. The fraction of sp³-hybridized carbons (Fsp3) is 0.450. The largest absolute Gasteiger partial charge is 0.355 e. The van der Waals surface area contributed by atoms with E-state index in [2.05, 4.69) is 80.3 Å². The molecule has 0 aromatic carbocycles. The Morgan fingerprint density at radius 1 is 0.596 bits per heavy atom. The van der Waals surface area contributed by atoms with Crippen molar-refractivity contribution in [1.82, 2.24) is 30.6 Å². The van der Waals surface area contributed by atoms with Gasteiger partial charge in [0.1, 0.15) is 0 Å². The van der Waals surface area contributed by atoms with Crippen LogP contribution in [0, 0.1) is 13.8 Å². The minimum absolute atomic E-state index is 0.115. The van der Waals surface area contributed by atoms with Crippen LogP contribution < -0.4 is 33.6 Å². The highest BCUT2D eigenvalue weighted by Gasteiger charge is 2.23. The smallest absolute Gasteiger partial charge is 0.220 e. The number of aromatic amines is 2. The van der Waals surface area contributed by atoms with Crippen molar-refractivity contribution in [3.8, 4) is 0 Å². The fourth-order valence-corrected chi connectivity index (χ4v) is 7.26. The predicted molar refractivity (Wildman–Crippen MR) is 213 cm³/mol. The van der Waals surface area contributed by atoms with Crippen molar-refractivity contribution < 1.29 is 9.59 Å². The maximum absolute atomic E-state index is 13.0. The summed E-state index contributed by atoms with van der Waals surface area (Å²) in [5, 5.41) is 5.89. The zero-order chi connectivity index (χ0) is 37.7. The summed E-state index contributed by atoms with van der Waals surface area (Å²) in [6.45, 7) is 13.9. The zero-order valence-electron chi connectivity index (χ0n) is 31.6. The maximum Gasteiger partial charge on any atom is 0.220 e. The number of allylic oxidation sites excluding steroid dienone is 4. The Hall–Kier alpha value is -4.62. The van der Waals surface area contributed by atoms with Gasteiger partial charge in [0.05, 0.1) is 34.9 Å². The lowest BCUT2D eigenvalue weighted by atomic mass is 9.98. The molecule has 3 aromatic rings. The van der Waals surface area contributed by atoms with Crippen LogP contribution in [0.15, 0.2) is 24.3 Å². The monoisotopic (exact) mass is 708 g/mol. The molecule has 0 saturated carbocycles. The first-order chi connectivity index (χ1) is 25.0. The third kappa shape index (κ3) is 8.05. The molecule has 12 N–H and O–H groups in total. The lowest BCUT2D eigenvalue weighted by Crippen LogP contribution is -2.45. The van der Waals surface area contributed by atoms with E-state index in [4.69, 9.17) is 32.9 Å². The van der Waals surface area contributed by atoms with Crippen LogP contribution >= 0.6 is 0 Å². The molecule has 12 nitrogen and oxygen atoms in total. The minimum atomic E-state index is -0.276. The molecule has 0 spiro atoms. The molecule has 5 rings (SSSR count). The number of nitrogens with one attached hydrogen (secondary N) is 4. The number of nitrogens with two attached hydrogens (primary N) is 4. The summed E-state index contributed by atoms with van der Waals surface area (Å²) in [7, 11) is 0. The number of rotatable bonds is 14. The molecule has 0 fully saturated rings. The van der Waals surface area contributed by atoms with Gasteiger partial charge in [0.25, 0.3) is 0 Å². The predicted octanol–water partition coefficient (Wildman–Crippen LogP) is 4.28. The van der Waals surface area contributed by atoms with Crippen LogP contribution in [0.3, 0.4) is 0 Å². The molecule has 0 unspecified atom stereocenters. The third-order valence-corrected chi connectivity index (χ3v) is 10.6. The van der Waals surface area contributed by atoms with Gasteiger partial charge in [0.15, 0.2) is 0 Å². The van der Waals surface area contributed by atoms with Crippen molar-refractivity contribution in [3.05, 3.63) is 69.3 Å². The summed E-state index contributed by atoms with van der Waals surface area (Å²) < 4.78 is 0. The number of aryl methyl sites for hydroxylation is 4. The lowest BCUT2D eigenvalue weighted by molar-refractivity contribution is -0.122. The molecule has 2 amide bonds. The Morgan fingerprint density at radius 3 is 1.38 bits per heavy atom. The minimum Gasteiger partial charge on any atom is -0.355 e. The number of H-pyrrole nitrogens is 2. The number of amides is 2. The van der Waals surface area contributed by atoms with E-state index < -0.39 is 0 Å². The van der Waals surface area contributed by atoms with E-state index in [9.17, 15) is 9.59 Å². The fourth-order valence-electron chi connectivity index (χ4n) is 7.26. The topological polar surface area (TPSA) is 220 Å². The molecule has 3 aromatic heterocycles. The number of hydrogen-bond acceptors (Lipinski definition) is 8. The molecule has 5 heterocycles. The van der Waals surface area contributed by atoms with Crippen LogP contribution in [-0.4, -0.2) is 70.0 Å². The highest BCUT2D eigenvalue weighted by molar-refractivity contribution is 5.97.